The number of aryl methyl sites for hydroxylation is 1. The maximum atomic E-state index is 12.8. The van der Waals surface area contributed by atoms with E-state index in [0.29, 0.717) is 34.3 Å². The van der Waals surface area contributed by atoms with Gasteiger partial charge in [0.05, 0.1) is 16.2 Å². The fourth-order valence-corrected chi connectivity index (χ4v) is 3.40. The molecule has 2 heterocycles. The molecule has 0 amide bonds. The summed E-state index contributed by atoms with van der Waals surface area (Å²) in [5.41, 5.74) is 0.720. The van der Waals surface area contributed by atoms with E-state index in [0.717, 1.165) is 12.8 Å². The van der Waals surface area contributed by atoms with Gasteiger partial charge in [0.1, 0.15) is 0 Å². The highest BCUT2D eigenvalue weighted by Crippen LogP contribution is 2.33. The molecule has 0 radical (unpaired) electrons. The molecule has 0 N–H and O–H groups in total. The van der Waals surface area contributed by atoms with Crippen LogP contribution in [0.5, 0.6) is 0 Å². The first-order valence-corrected chi connectivity index (χ1v) is 8.94. The van der Waals surface area contributed by atoms with Crippen LogP contribution in [0.15, 0.2) is 38.7 Å². The van der Waals surface area contributed by atoms with Gasteiger partial charge in [-0.25, -0.2) is 4.98 Å². The van der Waals surface area contributed by atoms with Gasteiger partial charge in [-0.15, -0.1) is 0 Å². The number of unbranched alkanes of at least 4 members (excludes halogenated alkanes) is 1. The Balaban J connectivity index is 2.02. The van der Waals surface area contributed by atoms with Gasteiger partial charge < -0.3 is 4.52 Å². The molecule has 6 nitrogen and oxygen atoms in total. The van der Waals surface area contributed by atoms with E-state index in [1.807, 2.05) is 31.2 Å². The summed E-state index contributed by atoms with van der Waals surface area (Å²) in [5, 5.41) is 5.10. The van der Waals surface area contributed by atoms with Crippen molar-refractivity contribution in [3.8, 4) is 0 Å². The monoisotopic (exact) mass is 344 g/mol. The summed E-state index contributed by atoms with van der Waals surface area (Å²) in [6.45, 7) is 6.53. The highest BCUT2D eigenvalue weighted by Gasteiger charge is 2.19. The Kier molecular flexibility index (Phi) is 4.99. The molecule has 1 aromatic carbocycles. The predicted molar refractivity (Wildman–Crippen MR) is 94.2 cm³/mol. The number of nitrogens with zero attached hydrogens (tertiary/aromatic N) is 4. The molecule has 0 spiro atoms. The maximum absolute atomic E-state index is 12.8. The predicted octanol–water partition coefficient (Wildman–Crippen LogP) is 3.74. The molecule has 2 aromatic heterocycles. The lowest BCUT2D eigenvalue weighted by Crippen LogP contribution is -2.23. The molecule has 1 atom stereocenters. The first-order chi connectivity index (χ1) is 11.6. The molecular weight excluding hydrogens is 324 g/mol. The number of thioether (sulfide) groups is 1. The van der Waals surface area contributed by atoms with E-state index in [2.05, 4.69) is 17.1 Å². The second-order valence-electron chi connectivity index (χ2n) is 5.66. The molecule has 3 rings (SSSR count). The Morgan fingerprint density at radius 2 is 2.08 bits per heavy atom. The zero-order valence-corrected chi connectivity index (χ0v) is 14.8. The van der Waals surface area contributed by atoms with Crippen LogP contribution in [-0.2, 0) is 6.54 Å². The van der Waals surface area contributed by atoms with Crippen molar-refractivity contribution in [2.24, 2.45) is 0 Å². The van der Waals surface area contributed by atoms with E-state index in [-0.39, 0.29) is 10.8 Å². The van der Waals surface area contributed by atoms with Crippen LogP contribution in [-0.4, -0.2) is 19.7 Å². The minimum Gasteiger partial charge on any atom is -0.338 e. The molecule has 0 fully saturated rings. The Morgan fingerprint density at radius 1 is 1.29 bits per heavy atom. The van der Waals surface area contributed by atoms with Crippen molar-refractivity contribution >= 4 is 22.7 Å². The van der Waals surface area contributed by atoms with E-state index in [1.54, 1.807) is 11.5 Å². The van der Waals surface area contributed by atoms with Crippen molar-refractivity contribution in [1.82, 2.24) is 19.7 Å². The third-order valence-corrected chi connectivity index (χ3v) is 4.81. The molecule has 0 aliphatic heterocycles. The fraction of sp³-hybridized carbons (Fsp3) is 0.412. The summed E-state index contributed by atoms with van der Waals surface area (Å²) >= 11 is 1.47. The standard InChI is InChI=1S/C17H20N4O2S/c1-4-5-10-21-16(22)13-8-6-7-9-14(13)19-17(21)24-11(2)15-18-12(3)20-23-15/h6-9,11H,4-5,10H2,1-3H3. The van der Waals surface area contributed by atoms with Gasteiger partial charge >= 0.3 is 0 Å². The van der Waals surface area contributed by atoms with Crippen molar-refractivity contribution in [3.05, 3.63) is 46.3 Å². The van der Waals surface area contributed by atoms with E-state index in [9.17, 15) is 4.79 Å². The SMILES string of the molecule is CCCCn1c(SC(C)c2nc(C)no2)nc2ccccc2c1=O. The largest absolute Gasteiger partial charge is 0.338 e. The molecule has 24 heavy (non-hydrogen) atoms. The van der Waals surface area contributed by atoms with Gasteiger partial charge in [0.2, 0.25) is 5.89 Å². The van der Waals surface area contributed by atoms with Crippen molar-refractivity contribution in [1.29, 1.82) is 0 Å². The zero-order chi connectivity index (χ0) is 17.1. The normalized spacial score (nSPS) is 12.6. The van der Waals surface area contributed by atoms with Crippen molar-refractivity contribution in [2.75, 3.05) is 0 Å². The number of aromatic nitrogens is 4. The molecule has 0 saturated carbocycles. The molecular formula is C17H20N4O2S. The van der Waals surface area contributed by atoms with Crippen LogP contribution in [0, 0.1) is 6.92 Å². The average molecular weight is 344 g/mol. The van der Waals surface area contributed by atoms with E-state index >= 15 is 0 Å². The second kappa shape index (κ2) is 7.17. The third kappa shape index (κ3) is 3.36. The number of hydrogen-bond donors (Lipinski definition) is 0. The first kappa shape index (κ1) is 16.7. The van der Waals surface area contributed by atoms with Crippen LogP contribution in [0.2, 0.25) is 0 Å². The van der Waals surface area contributed by atoms with Gasteiger partial charge in [-0.2, -0.15) is 4.98 Å². The zero-order valence-electron chi connectivity index (χ0n) is 14.0. The Labute approximate surface area is 144 Å². The van der Waals surface area contributed by atoms with Gasteiger partial charge in [-0.05, 0) is 32.4 Å². The molecule has 0 bridgehead atoms. The Bertz CT molecular complexity index is 903. The molecule has 7 heteroatoms. The van der Waals surface area contributed by atoms with Crippen LogP contribution >= 0.6 is 11.8 Å². The third-order valence-electron chi connectivity index (χ3n) is 3.74. The lowest BCUT2D eigenvalue weighted by atomic mass is 10.2. The minimum atomic E-state index is -0.0767. The summed E-state index contributed by atoms with van der Waals surface area (Å²) in [4.78, 5) is 21.8. The summed E-state index contributed by atoms with van der Waals surface area (Å²) in [6, 6.07) is 7.45. The quantitative estimate of drug-likeness (QED) is 0.501. The lowest BCUT2D eigenvalue weighted by Gasteiger charge is -2.14. The topological polar surface area (TPSA) is 73.8 Å². The molecule has 0 aliphatic rings. The minimum absolute atomic E-state index is 0.00506. The highest BCUT2D eigenvalue weighted by molar-refractivity contribution is 7.99. The van der Waals surface area contributed by atoms with Crippen molar-refractivity contribution < 1.29 is 4.52 Å². The summed E-state index contributed by atoms with van der Waals surface area (Å²) in [5.74, 6) is 1.15. The molecule has 0 aliphatic carbocycles. The smallest absolute Gasteiger partial charge is 0.262 e. The van der Waals surface area contributed by atoms with Gasteiger partial charge in [0.15, 0.2) is 11.0 Å². The molecule has 0 saturated heterocycles. The Hall–Kier alpha value is -2.15. The van der Waals surface area contributed by atoms with Crippen molar-refractivity contribution in [3.63, 3.8) is 0 Å². The summed E-state index contributed by atoms with van der Waals surface area (Å²) in [7, 11) is 0. The number of rotatable bonds is 6. The van der Waals surface area contributed by atoms with Crippen LogP contribution in [0.3, 0.4) is 0 Å². The maximum Gasteiger partial charge on any atom is 0.262 e. The highest BCUT2D eigenvalue weighted by atomic mass is 32.2. The number of benzene rings is 1. The van der Waals surface area contributed by atoms with Gasteiger partial charge in [-0.3, -0.25) is 9.36 Å². The Morgan fingerprint density at radius 3 is 2.79 bits per heavy atom. The van der Waals surface area contributed by atoms with Gasteiger partial charge in [0.25, 0.3) is 5.56 Å². The van der Waals surface area contributed by atoms with Crippen LogP contribution in [0.1, 0.15) is 43.7 Å². The lowest BCUT2D eigenvalue weighted by molar-refractivity contribution is 0.376. The molecule has 126 valence electrons. The van der Waals surface area contributed by atoms with Gasteiger partial charge in [-0.1, -0.05) is 42.4 Å². The van der Waals surface area contributed by atoms with Crippen LogP contribution < -0.4 is 5.56 Å². The fourth-order valence-electron chi connectivity index (χ4n) is 2.44. The summed E-state index contributed by atoms with van der Waals surface area (Å²) in [6.07, 6.45) is 1.95. The summed E-state index contributed by atoms with van der Waals surface area (Å²) < 4.78 is 7.00. The number of para-hydroxylation sites is 1. The van der Waals surface area contributed by atoms with Crippen LogP contribution in [0.25, 0.3) is 10.9 Å². The average Bonchev–Trinajstić information content (AvgIpc) is 3.01. The first-order valence-electron chi connectivity index (χ1n) is 8.06. The number of hydrogen-bond acceptors (Lipinski definition) is 6. The van der Waals surface area contributed by atoms with Gasteiger partial charge in [0, 0.05) is 6.54 Å². The number of fused-ring (bicyclic) bond motifs is 1. The van der Waals surface area contributed by atoms with E-state index in [4.69, 9.17) is 9.51 Å². The van der Waals surface area contributed by atoms with E-state index in [1.165, 1.54) is 11.8 Å². The molecule has 3 aromatic rings. The second-order valence-corrected chi connectivity index (χ2v) is 6.97. The van der Waals surface area contributed by atoms with E-state index < -0.39 is 0 Å². The molecule has 1 unspecified atom stereocenters. The van der Waals surface area contributed by atoms with Crippen LogP contribution in [0.4, 0.5) is 0 Å². The van der Waals surface area contributed by atoms with Crippen molar-refractivity contribution in [2.45, 2.75) is 50.6 Å².